The molecule has 5 heteroatoms. The molecule has 104 valence electrons. The maximum absolute atomic E-state index is 13.4. The summed E-state index contributed by atoms with van der Waals surface area (Å²) >= 11 is 5.85. The maximum Gasteiger partial charge on any atom is 0.126 e. The van der Waals surface area contributed by atoms with Crippen molar-refractivity contribution in [2.75, 3.05) is 0 Å². The van der Waals surface area contributed by atoms with Crippen LogP contribution in [0.2, 0.25) is 5.02 Å². The average molecular weight is 296 g/mol. The topological polar surface area (TPSA) is 35.2 Å². The van der Waals surface area contributed by atoms with Gasteiger partial charge in [-0.3, -0.25) is 0 Å². The number of nitrogens with two attached hydrogens (primary N) is 1. The van der Waals surface area contributed by atoms with Crippen molar-refractivity contribution in [3.8, 4) is 5.75 Å². The molecule has 2 nitrogen and oxygen atoms in total. The minimum absolute atomic E-state index is 0.307. The van der Waals surface area contributed by atoms with Crippen molar-refractivity contribution in [1.82, 2.24) is 0 Å². The Bertz CT molecular complexity index is 642. The van der Waals surface area contributed by atoms with Crippen LogP contribution >= 0.6 is 11.6 Å². The molecule has 0 radical (unpaired) electrons. The standard InChI is InChI=1S/C15H12ClF2NO/c16-9-3-8(4-11(18)5-9)15-7-13(19)12-6-10(17)1-2-14(12)20-15/h1-6,13,15H,7,19H2/t13-,15?/m1/s1. The number of hydrogen-bond donors (Lipinski definition) is 1. The molecular weight excluding hydrogens is 284 g/mol. The monoisotopic (exact) mass is 295 g/mol. The number of rotatable bonds is 1. The van der Waals surface area contributed by atoms with E-state index in [1.54, 1.807) is 6.07 Å². The molecule has 0 aliphatic carbocycles. The Balaban J connectivity index is 1.96. The van der Waals surface area contributed by atoms with Crippen LogP contribution in [0.4, 0.5) is 8.78 Å². The quantitative estimate of drug-likeness (QED) is 0.858. The summed E-state index contributed by atoms with van der Waals surface area (Å²) in [5.41, 5.74) is 7.30. The third kappa shape index (κ3) is 2.49. The van der Waals surface area contributed by atoms with E-state index in [1.165, 1.54) is 30.3 Å². The van der Waals surface area contributed by atoms with Crippen LogP contribution in [0.25, 0.3) is 0 Å². The van der Waals surface area contributed by atoms with E-state index < -0.39 is 11.9 Å². The van der Waals surface area contributed by atoms with Crippen molar-refractivity contribution in [2.24, 2.45) is 5.73 Å². The summed E-state index contributed by atoms with van der Waals surface area (Å²) < 4.78 is 32.4. The Labute approximate surface area is 120 Å². The fourth-order valence-corrected chi connectivity index (χ4v) is 2.67. The van der Waals surface area contributed by atoms with Gasteiger partial charge in [0.1, 0.15) is 23.5 Å². The van der Waals surface area contributed by atoms with Crippen LogP contribution in [0.5, 0.6) is 5.75 Å². The van der Waals surface area contributed by atoms with E-state index in [0.717, 1.165) is 0 Å². The van der Waals surface area contributed by atoms with Gasteiger partial charge in [0.2, 0.25) is 0 Å². The van der Waals surface area contributed by atoms with Crippen molar-refractivity contribution in [3.63, 3.8) is 0 Å². The van der Waals surface area contributed by atoms with Gasteiger partial charge >= 0.3 is 0 Å². The molecule has 0 aromatic heterocycles. The SMILES string of the molecule is N[C@@H]1CC(c2cc(F)cc(Cl)c2)Oc2ccc(F)cc21. The molecule has 2 N–H and O–H groups in total. The van der Waals surface area contributed by atoms with Gasteiger partial charge in [-0.2, -0.15) is 0 Å². The first-order valence-electron chi connectivity index (χ1n) is 6.20. The molecule has 0 amide bonds. The van der Waals surface area contributed by atoms with Crippen LogP contribution in [0.3, 0.4) is 0 Å². The van der Waals surface area contributed by atoms with Gasteiger partial charge in [-0.05, 0) is 42.0 Å². The summed E-state index contributed by atoms with van der Waals surface area (Å²) in [7, 11) is 0. The zero-order valence-corrected chi connectivity index (χ0v) is 11.2. The fourth-order valence-electron chi connectivity index (χ4n) is 2.44. The van der Waals surface area contributed by atoms with Gasteiger partial charge in [-0.1, -0.05) is 11.6 Å². The van der Waals surface area contributed by atoms with Gasteiger partial charge in [-0.15, -0.1) is 0 Å². The zero-order chi connectivity index (χ0) is 14.3. The first-order valence-corrected chi connectivity index (χ1v) is 6.58. The minimum atomic E-state index is -0.422. The predicted molar refractivity (Wildman–Crippen MR) is 72.7 cm³/mol. The Kier molecular flexibility index (Phi) is 3.36. The largest absolute Gasteiger partial charge is 0.485 e. The van der Waals surface area contributed by atoms with E-state index in [4.69, 9.17) is 22.1 Å². The second-order valence-corrected chi connectivity index (χ2v) is 5.27. The highest BCUT2D eigenvalue weighted by molar-refractivity contribution is 6.30. The summed E-state index contributed by atoms with van der Waals surface area (Å²) in [6.45, 7) is 0. The van der Waals surface area contributed by atoms with E-state index in [2.05, 4.69) is 0 Å². The molecule has 0 fully saturated rings. The highest BCUT2D eigenvalue weighted by atomic mass is 35.5. The Hall–Kier alpha value is -1.65. The molecule has 1 aliphatic heterocycles. The van der Waals surface area contributed by atoms with Crippen LogP contribution in [-0.4, -0.2) is 0 Å². The molecule has 0 saturated carbocycles. The molecule has 2 atom stereocenters. The molecule has 0 saturated heterocycles. The number of fused-ring (bicyclic) bond motifs is 1. The molecule has 3 rings (SSSR count). The van der Waals surface area contributed by atoms with E-state index in [-0.39, 0.29) is 11.9 Å². The number of hydrogen-bond acceptors (Lipinski definition) is 2. The van der Waals surface area contributed by atoms with Crippen LogP contribution in [-0.2, 0) is 0 Å². The number of benzene rings is 2. The van der Waals surface area contributed by atoms with Gasteiger partial charge < -0.3 is 10.5 Å². The average Bonchev–Trinajstić information content (AvgIpc) is 2.38. The highest BCUT2D eigenvalue weighted by Crippen LogP contribution is 2.40. The van der Waals surface area contributed by atoms with Crippen molar-refractivity contribution >= 4 is 11.6 Å². The van der Waals surface area contributed by atoms with Gasteiger partial charge in [0.15, 0.2) is 0 Å². The molecule has 1 heterocycles. The highest BCUT2D eigenvalue weighted by Gasteiger charge is 2.27. The Morgan fingerprint density at radius 1 is 1.10 bits per heavy atom. The molecule has 2 aromatic carbocycles. The third-order valence-electron chi connectivity index (χ3n) is 3.37. The maximum atomic E-state index is 13.4. The number of halogens is 3. The lowest BCUT2D eigenvalue weighted by Crippen LogP contribution is -2.24. The summed E-state index contributed by atoms with van der Waals surface area (Å²) in [4.78, 5) is 0. The van der Waals surface area contributed by atoms with Gasteiger partial charge in [0.25, 0.3) is 0 Å². The molecule has 1 unspecified atom stereocenters. The zero-order valence-electron chi connectivity index (χ0n) is 10.4. The Morgan fingerprint density at radius 3 is 2.65 bits per heavy atom. The fraction of sp³-hybridized carbons (Fsp3) is 0.200. The van der Waals surface area contributed by atoms with Crippen LogP contribution < -0.4 is 10.5 Å². The lowest BCUT2D eigenvalue weighted by Gasteiger charge is -2.30. The smallest absolute Gasteiger partial charge is 0.126 e. The molecule has 1 aliphatic rings. The van der Waals surface area contributed by atoms with E-state index in [1.807, 2.05) is 0 Å². The summed E-state index contributed by atoms with van der Waals surface area (Å²) in [6, 6.07) is 8.12. The molecular formula is C15H12ClF2NO. The van der Waals surface area contributed by atoms with E-state index in [0.29, 0.717) is 28.3 Å². The predicted octanol–water partition coefficient (Wildman–Crippen LogP) is 4.14. The van der Waals surface area contributed by atoms with Crippen molar-refractivity contribution in [1.29, 1.82) is 0 Å². The van der Waals surface area contributed by atoms with Gasteiger partial charge in [0.05, 0.1) is 0 Å². The second-order valence-electron chi connectivity index (χ2n) is 4.83. The van der Waals surface area contributed by atoms with Crippen LogP contribution in [0.1, 0.15) is 29.7 Å². The van der Waals surface area contributed by atoms with Crippen molar-refractivity contribution in [2.45, 2.75) is 18.6 Å². The molecule has 20 heavy (non-hydrogen) atoms. The first-order chi connectivity index (χ1) is 9.52. The van der Waals surface area contributed by atoms with E-state index >= 15 is 0 Å². The molecule has 0 bridgehead atoms. The normalized spacial score (nSPS) is 21.2. The third-order valence-corrected chi connectivity index (χ3v) is 3.58. The van der Waals surface area contributed by atoms with Crippen LogP contribution in [0, 0.1) is 11.6 Å². The summed E-state index contributed by atoms with van der Waals surface area (Å²) in [5, 5.41) is 0.307. The lowest BCUT2D eigenvalue weighted by atomic mass is 9.93. The lowest BCUT2D eigenvalue weighted by molar-refractivity contribution is 0.160. The van der Waals surface area contributed by atoms with Crippen molar-refractivity contribution in [3.05, 3.63) is 64.2 Å². The summed E-state index contributed by atoms with van der Waals surface area (Å²) in [6.07, 6.45) is 0.0483. The van der Waals surface area contributed by atoms with Crippen molar-refractivity contribution < 1.29 is 13.5 Å². The second kappa shape index (κ2) is 5.04. The minimum Gasteiger partial charge on any atom is -0.485 e. The summed E-state index contributed by atoms with van der Waals surface area (Å²) in [5.74, 6) is -0.250. The van der Waals surface area contributed by atoms with E-state index in [9.17, 15) is 8.78 Å². The van der Waals surface area contributed by atoms with Gasteiger partial charge in [-0.25, -0.2) is 8.78 Å². The molecule has 2 aromatic rings. The molecule has 0 spiro atoms. The van der Waals surface area contributed by atoms with Gasteiger partial charge in [0, 0.05) is 23.0 Å². The Morgan fingerprint density at radius 2 is 1.90 bits per heavy atom. The first kappa shape index (κ1) is 13.3. The number of ether oxygens (including phenoxy) is 1. The van der Waals surface area contributed by atoms with Crippen LogP contribution in [0.15, 0.2) is 36.4 Å².